The highest BCUT2D eigenvalue weighted by Gasteiger charge is 2.15. The van der Waals surface area contributed by atoms with Gasteiger partial charge >= 0.3 is 0 Å². The Bertz CT molecular complexity index is 296. The van der Waals surface area contributed by atoms with Crippen LogP contribution in [0.1, 0.15) is 24.8 Å². The minimum absolute atomic E-state index is 0.718. The molecule has 12 heavy (non-hydrogen) atoms. The fraction of sp³-hybridized carbons (Fsp3) is 0.400. The Hall–Kier alpha value is -0.250. The van der Waals surface area contributed by atoms with E-state index in [2.05, 4.69) is 53.0 Å². The van der Waals surface area contributed by atoms with Crippen LogP contribution in [-0.4, -0.2) is 6.54 Å². The lowest BCUT2D eigenvalue weighted by atomic mass is 9.93. The Morgan fingerprint density at radius 1 is 1.50 bits per heavy atom. The van der Waals surface area contributed by atoms with Crippen molar-refractivity contribution >= 4 is 28.3 Å². The maximum atomic E-state index is 3.42. The molecule has 0 saturated carbocycles. The summed E-state index contributed by atoms with van der Waals surface area (Å²) in [5, 5.41) is 3.42. The van der Waals surface area contributed by atoms with Gasteiger partial charge in [-0.2, -0.15) is 0 Å². The van der Waals surface area contributed by atoms with Gasteiger partial charge in [-0.3, -0.25) is 0 Å². The van der Waals surface area contributed by atoms with Gasteiger partial charge in [0.2, 0.25) is 0 Å². The first kappa shape index (κ1) is 8.35. The molecule has 0 fully saturated rings. The van der Waals surface area contributed by atoms with Crippen LogP contribution in [0.2, 0.25) is 0 Å². The van der Waals surface area contributed by atoms with Crippen molar-refractivity contribution < 1.29 is 0 Å². The van der Waals surface area contributed by atoms with Gasteiger partial charge in [0.05, 0.1) is 0 Å². The third-order valence-electron chi connectivity index (χ3n) is 2.44. The van der Waals surface area contributed by atoms with Gasteiger partial charge in [-0.05, 0) is 58.7 Å². The Morgan fingerprint density at radius 3 is 3.17 bits per heavy atom. The van der Waals surface area contributed by atoms with E-state index in [0.717, 1.165) is 12.5 Å². The molecule has 1 nitrogen and oxygen atoms in total. The summed E-state index contributed by atoms with van der Waals surface area (Å²) < 4.78 is 1.34. The van der Waals surface area contributed by atoms with E-state index in [4.69, 9.17) is 0 Å². The molecule has 1 aromatic carbocycles. The van der Waals surface area contributed by atoms with Crippen molar-refractivity contribution in [2.75, 3.05) is 11.9 Å². The lowest BCUT2D eigenvalue weighted by Gasteiger charge is -2.23. The molecule has 0 amide bonds. The molecule has 0 spiro atoms. The molecule has 64 valence electrons. The fourth-order valence-electron chi connectivity index (χ4n) is 1.68. The molecule has 2 rings (SSSR count). The topological polar surface area (TPSA) is 12.0 Å². The highest BCUT2D eigenvalue weighted by Crippen LogP contribution is 2.31. The number of anilines is 1. The van der Waals surface area contributed by atoms with Crippen molar-refractivity contribution in [1.82, 2.24) is 0 Å². The number of fused-ring (bicyclic) bond motifs is 1. The highest BCUT2D eigenvalue weighted by molar-refractivity contribution is 14.1. The third kappa shape index (κ3) is 1.44. The Kier molecular flexibility index (Phi) is 2.26. The van der Waals surface area contributed by atoms with Crippen molar-refractivity contribution in [3.05, 3.63) is 27.3 Å². The van der Waals surface area contributed by atoms with Crippen molar-refractivity contribution in [3.63, 3.8) is 0 Å². The molecule has 1 aliphatic rings. The van der Waals surface area contributed by atoms with Gasteiger partial charge in [0.25, 0.3) is 0 Å². The Labute approximate surface area is 86.7 Å². The molecule has 0 radical (unpaired) electrons. The molecule has 0 aromatic heterocycles. The molecular weight excluding hydrogens is 261 g/mol. The van der Waals surface area contributed by atoms with Gasteiger partial charge in [-0.15, -0.1) is 0 Å². The van der Waals surface area contributed by atoms with E-state index in [0.29, 0.717) is 0 Å². The molecule has 2 heteroatoms. The number of nitrogens with one attached hydrogen (secondary N) is 1. The summed E-state index contributed by atoms with van der Waals surface area (Å²) in [6.45, 7) is 3.42. The van der Waals surface area contributed by atoms with E-state index in [1.54, 1.807) is 0 Å². The third-order valence-corrected chi connectivity index (χ3v) is 3.11. The van der Waals surface area contributed by atoms with Crippen LogP contribution in [-0.2, 0) is 0 Å². The predicted molar refractivity (Wildman–Crippen MR) is 60.7 cm³/mol. The van der Waals surface area contributed by atoms with Crippen molar-refractivity contribution in [2.24, 2.45) is 0 Å². The first-order valence-corrected chi connectivity index (χ1v) is 5.38. The van der Waals surface area contributed by atoms with E-state index in [1.807, 2.05) is 0 Å². The fourth-order valence-corrected chi connectivity index (χ4v) is 2.20. The van der Waals surface area contributed by atoms with Crippen LogP contribution >= 0.6 is 22.6 Å². The summed E-state index contributed by atoms with van der Waals surface area (Å²) >= 11 is 2.37. The van der Waals surface area contributed by atoms with Crippen LogP contribution in [0.15, 0.2) is 18.2 Å². The largest absolute Gasteiger partial charge is 0.385 e. The average molecular weight is 273 g/mol. The maximum Gasteiger partial charge on any atom is 0.0376 e. The zero-order valence-corrected chi connectivity index (χ0v) is 9.26. The van der Waals surface area contributed by atoms with Gasteiger partial charge in [0, 0.05) is 15.8 Å². The van der Waals surface area contributed by atoms with Crippen LogP contribution in [0.4, 0.5) is 5.69 Å². The summed E-state index contributed by atoms with van der Waals surface area (Å²) in [6, 6.07) is 6.63. The molecule has 1 atom stereocenters. The Balaban J connectivity index is 2.47. The molecule has 1 aliphatic heterocycles. The van der Waals surface area contributed by atoms with Crippen LogP contribution in [0.25, 0.3) is 0 Å². The van der Waals surface area contributed by atoms with Gasteiger partial charge in [-0.25, -0.2) is 0 Å². The van der Waals surface area contributed by atoms with Crippen molar-refractivity contribution in [3.8, 4) is 0 Å². The summed E-state index contributed by atoms with van der Waals surface area (Å²) in [4.78, 5) is 0. The zero-order chi connectivity index (χ0) is 8.55. The van der Waals surface area contributed by atoms with Gasteiger partial charge in [-0.1, -0.05) is 6.92 Å². The molecule has 1 N–H and O–H groups in total. The van der Waals surface area contributed by atoms with Crippen molar-refractivity contribution in [1.29, 1.82) is 0 Å². The predicted octanol–water partition coefficient (Wildman–Crippen LogP) is 3.21. The highest BCUT2D eigenvalue weighted by atomic mass is 127. The lowest BCUT2D eigenvalue weighted by molar-refractivity contribution is 0.683. The van der Waals surface area contributed by atoms with E-state index < -0.39 is 0 Å². The second kappa shape index (κ2) is 3.24. The molecular formula is C10H12IN. The summed E-state index contributed by atoms with van der Waals surface area (Å²) in [5.74, 6) is 0.718. The zero-order valence-electron chi connectivity index (χ0n) is 7.10. The normalized spacial score (nSPS) is 21.3. The van der Waals surface area contributed by atoms with E-state index in [-0.39, 0.29) is 0 Å². The number of halogens is 1. The molecule has 0 unspecified atom stereocenters. The molecule has 1 aromatic rings. The number of rotatable bonds is 0. The van der Waals surface area contributed by atoms with Crippen LogP contribution in [0, 0.1) is 3.57 Å². The van der Waals surface area contributed by atoms with Gasteiger partial charge in [0.1, 0.15) is 0 Å². The molecule has 0 bridgehead atoms. The minimum atomic E-state index is 0.718. The van der Waals surface area contributed by atoms with Crippen LogP contribution < -0.4 is 5.32 Å². The number of hydrogen-bond acceptors (Lipinski definition) is 1. The smallest absolute Gasteiger partial charge is 0.0376 e. The molecule has 0 saturated heterocycles. The minimum Gasteiger partial charge on any atom is -0.385 e. The molecule has 0 aliphatic carbocycles. The quantitative estimate of drug-likeness (QED) is 0.716. The van der Waals surface area contributed by atoms with E-state index in [9.17, 15) is 0 Å². The molecule has 1 heterocycles. The first-order valence-electron chi connectivity index (χ1n) is 4.30. The maximum absolute atomic E-state index is 3.42. The number of benzene rings is 1. The first-order chi connectivity index (χ1) is 5.77. The standard InChI is InChI=1S/C10H12IN/c1-7-4-5-12-10-3-2-8(11)6-9(7)10/h2-3,6-7,12H,4-5H2,1H3/t7-/m0/s1. The lowest BCUT2D eigenvalue weighted by Crippen LogP contribution is -2.14. The average Bonchev–Trinajstić information content (AvgIpc) is 2.07. The second-order valence-electron chi connectivity index (χ2n) is 3.35. The summed E-state index contributed by atoms with van der Waals surface area (Å²) in [7, 11) is 0. The second-order valence-corrected chi connectivity index (χ2v) is 4.59. The summed E-state index contributed by atoms with van der Waals surface area (Å²) in [5.41, 5.74) is 2.81. The van der Waals surface area contributed by atoms with Crippen LogP contribution in [0.5, 0.6) is 0 Å². The van der Waals surface area contributed by atoms with Gasteiger partial charge in [0.15, 0.2) is 0 Å². The SMILES string of the molecule is C[C@H]1CCNc2ccc(I)cc21. The Morgan fingerprint density at radius 2 is 2.33 bits per heavy atom. The van der Waals surface area contributed by atoms with E-state index in [1.165, 1.54) is 21.2 Å². The van der Waals surface area contributed by atoms with Crippen molar-refractivity contribution in [2.45, 2.75) is 19.3 Å². The number of hydrogen-bond donors (Lipinski definition) is 1. The van der Waals surface area contributed by atoms with E-state index >= 15 is 0 Å². The van der Waals surface area contributed by atoms with Gasteiger partial charge < -0.3 is 5.32 Å². The monoisotopic (exact) mass is 273 g/mol. The summed E-state index contributed by atoms with van der Waals surface area (Å²) in [6.07, 6.45) is 1.26. The van der Waals surface area contributed by atoms with Crippen LogP contribution in [0.3, 0.4) is 0 Å².